The Kier molecular flexibility index (Phi) is 4.97. The van der Waals surface area contributed by atoms with Crippen molar-refractivity contribution in [3.05, 3.63) is 77.7 Å². The van der Waals surface area contributed by atoms with Crippen LogP contribution in [0.1, 0.15) is 5.56 Å². The Morgan fingerprint density at radius 3 is 2.29 bits per heavy atom. The first-order valence-corrected chi connectivity index (χ1v) is 9.73. The number of sulfone groups is 1. The summed E-state index contributed by atoms with van der Waals surface area (Å²) in [5.74, 6) is 0.0520. The van der Waals surface area contributed by atoms with E-state index in [1.54, 1.807) is 6.08 Å². The van der Waals surface area contributed by atoms with Gasteiger partial charge in [-0.1, -0.05) is 48.5 Å². The van der Waals surface area contributed by atoms with Crippen molar-refractivity contribution in [1.29, 1.82) is 0 Å². The molecule has 24 heavy (non-hydrogen) atoms. The zero-order valence-corrected chi connectivity index (χ0v) is 14.6. The van der Waals surface area contributed by atoms with Crippen molar-refractivity contribution in [2.24, 2.45) is 0 Å². The highest BCUT2D eigenvalue weighted by Crippen LogP contribution is 2.19. The van der Waals surface area contributed by atoms with Crippen LogP contribution in [0.15, 0.2) is 72.1 Å². The number of thiocarbonyl (C=S) groups is 1. The summed E-state index contributed by atoms with van der Waals surface area (Å²) in [6, 6.07) is 19.2. The zero-order chi connectivity index (χ0) is 17.0. The summed E-state index contributed by atoms with van der Waals surface area (Å²) in [7, 11) is -3.15. The Morgan fingerprint density at radius 1 is 1.08 bits per heavy atom. The average molecular weight is 358 g/mol. The molecule has 0 unspecified atom stereocenters. The fourth-order valence-electron chi connectivity index (χ4n) is 2.59. The van der Waals surface area contributed by atoms with Crippen LogP contribution in [-0.4, -0.2) is 30.2 Å². The van der Waals surface area contributed by atoms with E-state index < -0.39 is 9.84 Å². The minimum absolute atomic E-state index is 0.0520. The predicted octanol–water partition coefficient (Wildman–Crippen LogP) is 3.20. The lowest BCUT2D eigenvalue weighted by atomic mass is 10.2. The second-order valence-corrected chi connectivity index (χ2v) is 7.95. The molecule has 0 radical (unpaired) electrons. The molecular weight excluding hydrogens is 340 g/mol. The third-order valence-corrected chi connectivity index (χ3v) is 5.51. The largest absolute Gasteiger partial charge is 0.337 e. The fourth-order valence-corrected chi connectivity index (χ4v) is 4.21. The number of hydrogen-bond donors (Lipinski definition) is 1. The van der Waals surface area contributed by atoms with Gasteiger partial charge in [-0.3, -0.25) is 0 Å². The van der Waals surface area contributed by atoms with Crippen LogP contribution in [0.5, 0.6) is 0 Å². The summed E-state index contributed by atoms with van der Waals surface area (Å²) in [5, 5.41) is 4.98. The summed E-state index contributed by atoms with van der Waals surface area (Å²) in [6.07, 6.45) is 1.71. The quantitative estimate of drug-likeness (QED) is 0.851. The van der Waals surface area contributed by atoms with E-state index in [0.29, 0.717) is 11.7 Å². The lowest BCUT2D eigenvalue weighted by molar-refractivity contribution is 0.380. The van der Waals surface area contributed by atoms with Crippen LogP contribution in [0.3, 0.4) is 0 Å². The molecule has 2 aromatic rings. The summed E-state index contributed by atoms with van der Waals surface area (Å²) in [5.41, 5.74) is 1.96. The summed E-state index contributed by atoms with van der Waals surface area (Å²) in [6.45, 7) is 0.546. The second kappa shape index (κ2) is 7.15. The van der Waals surface area contributed by atoms with Crippen LogP contribution in [0.2, 0.25) is 0 Å². The van der Waals surface area contributed by atoms with Gasteiger partial charge in [-0.2, -0.15) is 0 Å². The first-order chi connectivity index (χ1) is 11.5. The van der Waals surface area contributed by atoms with Crippen molar-refractivity contribution in [2.45, 2.75) is 12.6 Å². The van der Waals surface area contributed by atoms with Crippen molar-refractivity contribution in [2.75, 3.05) is 11.1 Å². The molecular formula is C18H18N2O2S2. The molecule has 0 aromatic heterocycles. The number of nitrogens with one attached hydrogen (secondary N) is 1. The molecule has 1 atom stereocenters. The van der Waals surface area contributed by atoms with Gasteiger partial charge < -0.3 is 10.2 Å². The van der Waals surface area contributed by atoms with Crippen molar-refractivity contribution >= 4 is 32.9 Å². The number of benzene rings is 2. The van der Waals surface area contributed by atoms with Gasteiger partial charge in [0, 0.05) is 17.6 Å². The standard InChI is InChI=1S/C18H18N2O2S2/c21-24(22)12-11-17(14-24)20(13-15-7-3-1-4-8-15)18(23)19-16-9-5-2-6-10-16/h1-12,17H,13-14H2,(H,19,23)/t17-/m1/s1. The number of para-hydroxylation sites is 1. The van der Waals surface area contributed by atoms with Crippen LogP contribution in [0.4, 0.5) is 5.69 Å². The smallest absolute Gasteiger partial charge is 0.174 e. The maximum Gasteiger partial charge on any atom is 0.174 e. The highest BCUT2D eigenvalue weighted by atomic mass is 32.2. The van der Waals surface area contributed by atoms with Crippen LogP contribution >= 0.6 is 12.2 Å². The summed E-state index contributed by atoms with van der Waals surface area (Å²) in [4.78, 5) is 1.92. The van der Waals surface area contributed by atoms with E-state index in [4.69, 9.17) is 12.2 Å². The van der Waals surface area contributed by atoms with Gasteiger partial charge in [-0.25, -0.2) is 8.42 Å². The molecule has 4 nitrogen and oxygen atoms in total. The molecule has 6 heteroatoms. The van der Waals surface area contributed by atoms with Gasteiger partial charge in [0.15, 0.2) is 14.9 Å². The van der Waals surface area contributed by atoms with Gasteiger partial charge in [-0.15, -0.1) is 0 Å². The maximum absolute atomic E-state index is 11.8. The number of nitrogens with zero attached hydrogens (tertiary/aromatic N) is 1. The van der Waals surface area contributed by atoms with Crippen molar-refractivity contribution in [3.63, 3.8) is 0 Å². The van der Waals surface area contributed by atoms with E-state index in [-0.39, 0.29) is 11.8 Å². The highest BCUT2D eigenvalue weighted by Gasteiger charge is 2.28. The molecule has 0 spiro atoms. The molecule has 1 N–H and O–H groups in total. The van der Waals surface area contributed by atoms with Crippen molar-refractivity contribution in [3.8, 4) is 0 Å². The van der Waals surface area contributed by atoms with Gasteiger partial charge in [0.2, 0.25) is 0 Å². The topological polar surface area (TPSA) is 49.4 Å². The number of anilines is 1. The summed E-state index contributed by atoms with van der Waals surface area (Å²) >= 11 is 5.55. The molecule has 0 aliphatic carbocycles. The molecule has 0 saturated heterocycles. The fraction of sp³-hybridized carbons (Fsp3) is 0.167. The van der Waals surface area contributed by atoms with Gasteiger partial charge >= 0.3 is 0 Å². The highest BCUT2D eigenvalue weighted by molar-refractivity contribution is 7.94. The van der Waals surface area contributed by atoms with Gasteiger partial charge in [0.25, 0.3) is 0 Å². The molecule has 0 fully saturated rings. The van der Waals surface area contributed by atoms with E-state index >= 15 is 0 Å². The number of hydrogen-bond acceptors (Lipinski definition) is 3. The summed E-state index contributed by atoms with van der Waals surface area (Å²) < 4.78 is 23.6. The molecule has 3 rings (SSSR count). The zero-order valence-electron chi connectivity index (χ0n) is 13.0. The van der Waals surface area contributed by atoms with Crippen molar-refractivity contribution in [1.82, 2.24) is 4.90 Å². The van der Waals surface area contributed by atoms with E-state index in [1.165, 1.54) is 5.41 Å². The molecule has 0 saturated carbocycles. The van der Waals surface area contributed by atoms with Crippen LogP contribution in [0, 0.1) is 0 Å². The maximum atomic E-state index is 11.8. The average Bonchev–Trinajstić information content (AvgIpc) is 2.94. The lowest BCUT2D eigenvalue weighted by Crippen LogP contribution is -2.42. The normalized spacial score (nSPS) is 18.2. The minimum atomic E-state index is -3.15. The molecule has 2 aromatic carbocycles. The third kappa shape index (κ3) is 4.21. The van der Waals surface area contributed by atoms with Crippen molar-refractivity contribution < 1.29 is 8.42 Å². The minimum Gasteiger partial charge on any atom is -0.337 e. The lowest BCUT2D eigenvalue weighted by Gasteiger charge is -2.30. The third-order valence-electron chi connectivity index (χ3n) is 3.79. The molecule has 1 heterocycles. The molecule has 124 valence electrons. The van der Waals surface area contributed by atoms with Gasteiger partial charge in [0.05, 0.1) is 11.8 Å². The SMILES string of the molecule is O=S1(=O)C=C[C@@H](N(Cc2ccccc2)C(=S)Nc2ccccc2)C1. The second-order valence-electron chi connectivity index (χ2n) is 5.64. The first-order valence-electron chi connectivity index (χ1n) is 7.61. The van der Waals surface area contributed by atoms with E-state index in [9.17, 15) is 8.42 Å². The van der Waals surface area contributed by atoms with Crippen LogP contribution in [0.25, 0.3) is 0 Å². The first kappa shape index (κ1) is 16.7. The van der Waals surface area contributed by atoms with E-state index in [0.717, 1.165) is 11.3 Å². The Hall–Kier alpha value is -2.18. The van der Waals surface area contributed by atoms with Crippen LogP contribution in [-0.2, 0) is 16.4 Å². The van der Waals surface area contributed by atoms with Crippen LogP contribution < -0.4 is 5.32 Å². The molecule has 0 amide bonds. The monoisotopic (exact) mass is 358 g/mol. The molecule has 1 aliphatic rings. The Bertz CT molecular complexity index is 834. The number of rotatable bonds is 4. The van der Waals surface area contributed by atoms with E-state index in [1.807, 2.05) is 65.6 Å². The van der Waals surface area contributed by atoms with E-state index in [2.05, 4.69) is 5.32 Å². The van der Waals surface area contributed by atoms with Gasteiger partial charge in [-0.05, 0) is 36.0 Å². The Morgan fingerprint density at radius 2 is 1.71 bits per heavy atom. The van der Waals surface area contributed by atoms with Gasteiger partial charge in [0.1, 0.15) is 0 Å². The molecule has 1 aliphatic heterocycles. The Balaban J connectivity index is 1.81. The Labute approximate surface area is 147 Å². The predicted molar refractivity (Wildman–Crippen MR) is 101 cm³/mol. The molecule has 0 bridgehead atoms.